The van der Waals surface area contributed by atoms with E-state index in [1.54, 1.807) is 5.57 Å². The Morgan fingerprint density at radius 3 is 1.56 bits per heavy atom. The Morgan fingerprint density at radius 2 is 1.14 bits per heavy atom. The van der Waals surface area contributed by atoms with Gasteiger partial charge in [0.25, 0.3) is 0 Å². The highest BCUT2D eigenvalue weighted by Crippen LogP contribution is 2.62. The molecule has 0 radical (unpaired) electrons. The van der Waals surface area contributed by atoms with Crippen molar-refractivity contribution in [1.29, 1.82) is 0 Å². The summed E-state index contributed by atoms with van der Waals surface area (Å²) in [5.74, 6) is 6.53. The summed E-state index contributed by atoms with van der Waals surface area (Å²) in [5, 5.41) is 31.1. The van der Waals surface area contributed by atoms with E-state index < -0.39 is 37.2 Å². The van der Waals surface area contributed by atoms with Gasteiger partial charge in [-0.2, -0.15) is 0 Å². The number of unbranched alkanes of at least 4 members (excludes halogenated alkanes) is 2. The molecule has 7 aliphatic rings. The third kappa shape index (κ3) is 24.0. The third-order valence-corrected chi connectivity index (χ3v) is 41.7. The van der Waals surface area contributed by atoms with Crippen LogP contribution < -0.4 is 0 Å². The molecule has 0 aromatic heterocycles. The summed E-state index contributed by atoms with van der Waals surface area (Å²) in [6.45, 7) is 69.9. The molecule has 0 amide bonds. The fraction of sp³-hybridized carbons (Fsp3) is 0.795. The van der Waals surface area contributed by atoms with Gasteiger partial charge in [0, 0.05) is 54.5 Å². The Kier molecular flexibility index (Phi) is 37.7. The first-order chi connectivity index (χ1) is 47.5. The van der Waals surface area contributed by atoms with Gasteiger partial charge in [-0.05, 0) is 239 Å². The second-order valence-corrected chi connectivity index (χ2v) is 52.0. The van der Waals surface area contributed by atoms with Crippen LogP contribution in [0.3, 0.4) is 0 Å². The monoisotopic (exact) mass is 1550 g/mol. The number of ether oxygens (including phenoxy) is 2. The zero-order valence-corrected chi connectivity index (χ0v) is 74.4. The molecule has 2 saturated heterocycles. The van der Waals surface area contributed by atoms with E-state index in [-0.39, 0.29) is 91.9 Å². The van der Waals surface area contributed by atoms with Crippen LogP contribution >= 0.6 is 15.9 Å². The van der Waals surface area contributed by atoms with E-state index in [1.807, 2.05) is 19.9 Å². The van der Waals surface area contributed by atoms with Gasteiger partial charge in [0.05, 0.1) is 24.4 Å². The summed E-state index contributed by atoms with van der Waals surface area (Å²) >= 11 is 3.62. The van der Waals surface area contributed by atoms with E-state index in [9.17, 15) is 24.9 Å². The van der Waals surface area contributed by atoms with E-state index in [1.165, 1.54) is 63.4 Å². The molecule has 2 aliphatic heterocycles. The highest BCUT2D eigenvalue weighted by molar-refractivity contribution is 9.11. The summed E-state index contributed by atoms with van der Waals surface area (Å²) in [7, 11) is -5.81. The first-order valence-electron chi connectivity index (χ1n) is 40.7. The minimum atomic E-state index is -2.02. The number of carbonyl (C=O) groups excluding carboxylic acids is 2. The van der Waals surface area contributed by atoms with Crippen LogP contribution in [0.15, 0.2) is 83.0 Å². The lowest BCUT2D eigenvalue weighted by Gasteiger charge is -2.45. The van der Waals surface area contributed by atoms with Gasteiger partial charge in [-0.3, -0.25) is 4.70 Å². The molecule has 10 nitrogen and oxygen atoms in total. The molecule has 2 heterocycles. The van der Waals surface area contributed by atoms with Gasteiger partial charge in [0.2, 0.25) is 0 Å². The normalized spacial score (nSPS) is 31.0. The SMILES string of the molecule is C#CC[C@@H](O[Si](C)(C)C(C)(C)C)[C@H](CCCO[Si](C)(C)C(C)(C)C)[C@@H](C=C)O[Si](C)(C)C(C)(C)C.C=C1/C(=C\C=C2/CCC[C@]3(C)[C@@H]([C@H](C)C[C@@H]4OC(=O)C(=C)[C@@H]4CCCC)CC[C@@H]23)C[C@@H](O)[C@H](CCCO)[C@@H]1O.C=C1C(=O)O[C@@H](C[C@@H](C)[C@H]2CC[C@H]3/C(=C/Br)CCC[C@]23C)[C@H]1CCCC.CC.F. The van der Waals surface area contributed by atoms with Gasteiger partial charge in [0.15, 0.2) is 25.0 Å². The van der Waals surface area contributed by atoms with E-state index >= 15 is 0 Å². The van der Waals surface area contributed by atoms with Crippen molar-refractivity contribution in [3.05, 3.63) is 83.0 Å². The first kappa shape index (κ1) is 94.7. The lowest BCUT2D eigenvalue weighted by molar-refractivity contribution is -0.141. The number of esters is 2. The molecule has 18 atom stereocenters. The number of rotatable bonds is 29. The van der Waals surface area contributed by atoms with Gasteiger partial charge in [-0.25, -0.2) is 9.59 Å². The Labute approximate surface area is 642 Å². The van der Waals surface area contributed by atoms with Crippen molar-refractivity contribution < 1.29 is 52.4 Å². The highest BCUT2D eigenvalue weighted by atomic mass is 79.9. The van der Waals surface area contributed by atoms with E-state index in [0.29, 0.717) is 71.5 Å². The van der Waals surface area contributed by atoms with Crippen LogP contribution in [0, 0.1) is 82.4 Å². The minimum Gasteiger partial charge on any atom is -0.458 e. The molecule has 7 fully saturated rings. The number of aliphatic hydroxyl groups excluding tert-OH is 3. The molecule has 592 valence electrons. The average Bonchev–Trinajstić information content (AvgIpc) is 1.63. The van der Waals surface area contributed by atoms with Crippen LogP contribution in [0.4, 0.5) is 4.70 Å². The molecule has 103 heavy (non-hydrogen) atoms. The summed E-state index contributed by atoms with van der Waals surface area (Å²) in [6, 6.07) is 0. The number of fused-ring (bicyclic) bond motifs is 2. The summed E-state index contributed by atoms with van der Waals surface area (Å²) in [4.78, 5) is 26.6. The maximum Gasteiger partial charge on any atom is 0.334 e. The zero-order chi connectivity index (χ0) is 77.3. The predicted octanol–water partition coefficient (Wildman–Crippen LogP) is 23.8. The highest BCUT2D eigenvalue weighted by Gasteiger charge is 2.54. The largest absolute Gasteiger partial charge is 0.458 e. The van der Waals surface area contributed by atoms with Crippen molar-refractivity contribution in [1.82, 2.24) is 0 Å². The standard InChI is InChI=1S/C34H52O5.C29H60O3Si3.C23H35BrO2.C2H6.FH/c1-6-7-11-26-23(4)33(38)39-31(26)19-21(2)28-15-16-29-24(10-8-17-34(28,29)5)13-14-25-20-30(36)27(12-9-18-35)32(37)22(25)3;1-18-21-26(32-35(16,17)29(9,10)11)24(22-20-23-30-33(12,13)27(3,4)5)25(19-2)31-34(14,15)28(6,7)8;1-5-6-9-18-16(3)22(25)26-21(18)13-15(2)19-10-11-20-17(14-24)8-7-12-23(19,20)4;1-2;/h13-14,21,26-32,35-37H,3-4,6-12,15-20H2,1-2,5H3;1,19,24-26H,2,20-23H2,3-17H3;14-15,18-21H,3,5-13H2,1-2,4H3;1-2H3;1H/b24-13+,25-14-;;17-14+;;/t21-,26+,27+,28-,29+,30-,31+,32-,34-;24-,25-,26-;15-,18+,19-,20+,21+,23-;;/m111../s1. The number of hydrogen-bond acceptors (Lipinski definition) is 10. The topological polar surface area (TPSA) is 141 Å². The Hall–Kier alpha value is -2.50. The number of terminal acetylenes is 1. The van der Waals surface area contributed by atoms with Crippen LogP contribution in [0.2, 0.25) is 54.4 Å². The zero-order valence-electron chi connectivity index (χ0n) is 69.8. The molecular weight excluding hydrogens is 1400 g/mol. The van der Waals surface area contributed by atoms with Gasteiger partial charge in [-0.1, -0.05) is 208 Å². The number of halogens is 2. The van der Waals surface area contributed by atoms with Crippen LogP contribution in [-0.2, 0) is 32.3 Å². The van der Waals surface area contributed by atoms with Crippen molar-refractivity contribution in [3.63, 3.8) is 0 Å². The van der Waals surface area contributed by atoms with Crippen molar-refractivity contribution in [2.45, 2.75) is 363 Å². The predicted molar refractivity (Wildman–Crippen MR) is 444 cm³/mol. The first-order valence-corrected chi connectivity index (χ1v) is 50.3. The number of cyclic esters (lactones) is 2. The van der Waals surface area contributed by atoms with Crippen LogP contribution in [0.5, 0.6) is 0 Å². The molecule has 7 rings (SSSR count). The second-order valence-electron chi connectivity index (χ2n) is 37.3. The average molecular weight is 1560 g/mol. The molecule has 0 bridgehead atoms. The minimum absolute atomic E-state index is 0. The lowest BCUT2D eigenvalue weighted by atomic mass is 9.60. The number of hydrogen-bond donors (Lipinski definition) is 3. The molecule has 0 aromatic carbocycles. The third-order valence-electron chi connectivity index (χ3n) is 27.6. The molecule has 0 aromatic rings. The van der Waals surface area contributed by atoms with Crippen molar-refractivity contribution >= 4 is 52.8 Å². The molecule has 3 N–H and O–H groups in total. The molecule has 0 spiro atoms. The molecule has 5 aliphatic carbocycles. The molecule has 5 saturated carbocycles. The van der Waals surface area contributed by atoms with Crippen LogP contribution in [0.1, 0.15) is 272 Å². The maximum atomic E-state index is 12.3. The van der Waals surface area contributed by atoms with Gasteiger partial charge < -0.3 is 38.1 Å². The van der Waals surface area contributed by atoms with Crippen molar-refractivity contribution in [3.8, 4) is 12.3 Å². The maximum absolute atomic E-state index is 12.3. The summed E-state index contributed by atoms with van der Waals surface area (Å²) < 4.78 is 32.1. The Bertz CT molecular complexity index is 2870. The molecular formula is C88H154BrFO10Si3. The summed E-state index contributed by atoms with van der Waals surface area (Å²) in [6.07, 6.45) is 35.8. The fourth-order valence-corrected chi connectivity index (χ4v) is 22.5. The van der Waals surface area contributed by atoms with Crippen molar-refractivity contribution in [2.75, 3.05) is 13.2 Å². The Morgan fingerprint density at radius 1 is 0.680 bits per heavy atom. The molecule has 0 unspecified atom stereocenters. The van der Waals surface area contributed by atoms with Gasteiger partial charge in [0.1, 0.15) is 12.2 Å². The van der Waals surface area contributed by atoms with Crippen LogP contribution in [-0.4, -0.2) is 102 Å². The lowest BCUT2D eigenvalue weighted by Crippen LogP contribution is -2.50. The van der Waals surface area contributed by atoms with Crippen molar-refractivity contribution in [2.24, 2.45) is 70.0 Å². The second kappa shape index (κ2) is 41.0. The number of allylic oxidation sites excluding steroid dienone is 4. The Balaban J connectivity index is 0.000000402. The molecule has 15 heteroatoms. The van der Waals surface area contributed by atoms with Crippen LogP contribution in [0.25, 0.3) is 0 Å². The van der Waals surface area contributed by atoms with Gasteiger partial charge in [-0.15, -0.1) is 18.9 Å². The van der Waals surface area contributed by atoms with E-state index in [4.69, 9.17) is 29.2 Å². The smallest absolute Gasteiger partial charge is 0.334 e. The van der Waals surface area contributed by atoms with E-state index in [0.717, 1.165) is 94.6 Å². The fourth-order valence-electron chi connectivity index (χ4n) is 18.2. The number of aliphatic hydroxyl groups is 3. The van der Waals surface area contributed by atoms with E-state index in [2.05, 4.69) is 208 Å². The van der Waals surface area contributed by atoms with Gasteiger partial charge >= 0.3 is 11.9 Å². The quantitative estimate of drug-likeness (QED) is 0.0166. The summed E-state index contributed by atoms with van der Waals surface area (Å²) in [5.41, 5.74) is 6.80. The number of carbonyl (C=O) groups is 2.